The number of rotatable bonds is 4. The topological polar surface area (TPSA) is 75.9 Å². The van der Waals surface area contributed by atoms with Gasteiger partial charge in [0.1, 0.15) is 11.9 Å². The van der Waals surface area contributed by atoms with Gasteiger partial charge < -0.3 is 14.5 Å². The summed E-state index contributed by atoms with van der Waals surface area (Å²) in [5.41, 5.74) is 0.805. The molecule has 8 heteroatoms. The number of aromatic nitrogens is 4. The molecule has 0 bridgehead atoms. The molecule has 27 heavy (non-hydrogen) atoms. The standard InChI is InChI=1S/C19H26N6O2/c1-23(19(26)15-7-2-3-10-27-15)14-11-24(12-14)17-9-8-16-20-21-18(25(16)22-17)13-5-4-6-13/h8-9,13-15H,2-7,10-12H2,1H3. The Balaban J connectivity index is 1.25. The molecule has 2 aromatic rings. The summed E-state index contributed by atoms with van der Waals surface area (Å²) in [5.74, 6) is 2.52. The van der Waals surface area contributed by atoms with Crippen LogP contribution < -0.4 is 4.90 Å². The van der Waals surface area contributed by atoms with Crippen molar-refractivity contribution in [3.05, 3.63) is 18.0 Å². The van der Waals surface area contributed by atoms with Crippen LogP contribution in [0, 0.1) is 0 Å². The molecule has 1 unspecified atom stereocenters. The van der Waals surface area contributed by atoms with Crippen molar-refractivity contribution >= 4 is 17.4 Å². The fourth-order valence-electron chi connectivity index (χ4n) is 4.12. The van der Waals surface area contributed by atoms with Crippen LogP contribution in [0.25, 0.3) is 5.65 Å². The lowest BCUT2D eigenvalue weighted by molar-refractivity contribution is -0.147. The highest BCUT2D eigenvalue weighted by Crippen LogP contribution is 2.35. The number of nitrogens with zero attached hydrogens (tertiary/aromatic N) is 6. The quantitative estimate of drug-likeness (QED) is 0.814. The van der Waals surface area contributed by atoms with Crippen LogP contribution in [0.3, 0.4) is 0 Å². The summed E-state index contributed by atoms with van der Waals surface area (Å²) in [7, 11) is 1.90. The average Bonchev–Trinajstić information content (AvgIpc) is 3.02. The van der Waals surface area contributed by atoms with Gasteiger partial charge >= 0.3 is 0 Å². The van der Waals surface area contributed by atoms with Gasteiger partial charge in [-0.05, 0) is 44.2 Å². The number of anilines is 1. The number of fused-ring (bicyclic) bond motifs is 1. The van der Waals surface area contributed by atoms with Crippen molar-refractivity contribution in [1.29, 1.82) is 0 Å². The minimum Gasteiger partial charge on any atom is -0.368 e. The number of likely N-dealkylation sites (N-methyl/N-ethyl adjacent to an activating group) is 1. The highest BCUT2D eigenvalue weighted by Gasteiger charge is 2.36. The molecule has 5 rings (SSSR count). The number of amides is 1. The van der Waals surface area contributed by atoms with E-state index in [2.05, 4.69) is 15.1 Å². The van der Waals surface area contributed by atoms with Crippen LogP contribution in [0.5, 0.6) is 0 Å². The predicted molar refractivity (Wildman–Crippen MR) is 99.7 cm³/mol. The van der Waals surface area contributed by atoms with Crippen LogP contribution in [-0.2, 0) is 9.53 Å². The molecule has 4 heterocycles. The zero-order chi connectivity index (χ0) is 18.4. The number of hydrogen-bond acceptors (Lipinski definition) is 6. The summed E-state index contributed by atoms with van der Waals surface area (Å²) in [4.78, 5) is 16.7. The summed E-state index contributed by atoms with van der Waals surface area (Å²) in [5, 5.41) is 13.4. The Bertz CT molecular complexity index is 836. The van der Waals surface area contributed by atoms with E-state index in [1.54, 1.807) is 0 Å². The lowest BCUT2D eigenvalue weighted by Crippen LogP contribution is -2.61. The van der Waals surface area contributed by atoms with E-state index < -0.39 is 0 Å². The van der Waals surface area contributed by atoms with Crippen molar-refractivity contribution in [1.82, 2.24) is 24.7 Å². The summed E-state index contributed by atoms with van der Waals surface area (Å²) >= 11 is 0. The van der Waals surface area contributed by atoms with Gasteiger partial charge in [0.15, 0.2) is 11.5 Å². The Hall–Kier alpha value is -2.22. The third-order valence-corrected chi connectivity index (χ3v) is 6.28. The molecule has 1 atom stereocenters. The smallest absolute Gasteiger partial charge is 0.251 e. The number of hydrogen-bond donors (Lipinski definition) is 0. The third-order valence-electron chi connectivity index (χ3n) is 6.28. The predicted octanol–water partition coefficient (Wildman–Crippen LogP) is 1.61. The van der Waals surface area contributed by atoms with Gasteiger partial charge in [-0.1, -0.05) is 6.42 Å². The molecule has 2 saturated heterocycles. The minimum absolute atomic E-state index is 0.119. The van der Waals surface area contributed by atoms with E-state index in [9.17, 15) is 4.79 Å². The van der Waals surface area contributed by atoms with Gasteiger partial charge in [-0.3, -0.25) is 4.79 Å². The van der Waals surface area contributed by atoms with Crippen LogP contribution in [0.4, 0.5) is 5.82 Å². The monoisotopic (exact) mass is 370 g/mol. The first kappa shape index (κ1) is 16.9. The zero-order valence-electron chi connectivity index (χ0n) is 15.8. The van der Waals surface area contributed by atoms with Gasteiger partial charge in [-0.25, -0.2) is 0 Å². The van der Waals surface area contributed by atoms with E-state index in [0.29, 0.717) is 12.5 Å². The number of ether oxygens (including phenoxy) is 1. The largest absolute Gasteiger partial charge is 0.368 e. The molecule has 0 aromatic carbocycles. The highest BCUT2D eigenvalue weighted by molar-refractivity contribution is 5.81. The van der Waals surface area contributed by atoms with Gasteiger partial charge in [0.05, 0.1) is 6.04 Å². The Morgan fingerprint density at radius 1 is 1.15 bits per heavy atom. The first-order valence-corrected chi connectivity index (χ1v) is 10.1. The maximum Gasteiger partial charge on any atom is 0.251 e. The first-order chi connectivity index (χ1) is 13.2. The van der Waals surface area contributed by atoms with Gasteiger partial charge in [0.25, 0.3) is 5.91 Å². The summed E-state index contributed by atoms with van der Waals surface area (Å²) in [6.07, 6.45) is 6.34. The molecule has 1 saturated carbocycles. The van der Waals surface area contributed by atoms with E-state index in [-0.39, 0.29) is 18.1 Å². The minimum atomic E-state index is -0.255. The fourth-order valence-corrected chi connectivity index (χ4v) is 4.12. The summed E-state index contributed by atoms with van der Waals surface area (Å²) < 4.78 is 7.55. The Morgan fingerprint density at radius 2 is 2.00 bits per heavy atom. The zero-order valence-corrected chi connectivity index (χ0v) is 15.8. The van der Waals surface area contributed by atoms with E-state index in [4.69, 9.17) is 9.84 Å². The molecule has 3 aliphatic rings. The van der Waals surface area contributed by atoms with Gasteiger partial charge in [0.2, 0.25) is 0 Å². The molecule has 0 radical (unpaired) electrons. The van der Waals surface area contributed by atoms with Gasteiger partial charge in [-0.15, -0.1) is 15.3 Å². The first-order valence-electron chi connectivity index (χ1n) is 10.1. The second-order valence-corrected chi connectivity index (χ2v) is 8.01. The molecule has 3 fully saturated rings. The van der Waals surface area contributed by atoms with Crippen LogP contribution in [-0.4, -0.2) is 69.5 Å². The van der Waals surface area contributed by atoms with E-state index in [1.165, 1.54) is 19.3 Å². The SMILES string of the molecule is CN(C(=O)C1CCCCO1)C1CN(c2ccc3nnc(C4CCC4)n3n2)C1. The Morgan fingerprint density at radius 3 is 2.70 bits per heavy atom. The van der Waals surface area contributed by atoms with Gasteiger partial charge in [0, 0.05) is 32.7 Å². The van der Waals surface area contributed by atoms with Crippen molar-refractivity contribution in [3.63, 3.8) is 0 Å². The molecule has 1 amide bonds. The summed E-state index contributed by atoms with van der Waals surface area (Å²) in [6.45, 7) is 2.30. The molecule has 2 aliphatic heterocycles. The molecule has 1 aliphatic carbocycles. The van der Waals surface area contributed by atoms with Crippen LogP contribution in [0.1, 0.15) is 50.3 Å². The molecule has 0 spiro atoms. The van der Waals surface area contributed by atoms with Crippen LogP contribution in [0.2, 0.25) is 0 Å². The second kappa shape index (κ2) is 6.74. The molecule has 8 nitrogen and oxygen atoms in total. The maximum absolute atomic E-state index is 12.6. The molecular formula is C19H26N6O2. The molecule has 2 aromatic heterocycles. The van der Waals surface area contributed by atoms with Crippen LogP contribution >= 0.6 is 0 Å². The maximum atomic E-state index is 12.6. The summed E-state index contributed by atoms with van der Waals surface area (Å²) in [6, 6.07) is 4.19. The van der Waals surface area contributed by atoms with Crippen LogP contribution in [0.15, 0.2) is 12.1 Å². The normalized spacial score (nSPS) is 23.9. The van der Waals surface area contributed by atoms with Crippen molar-refractivity contribution in [2.45, 2.75) is 56.6 Å². The van der Waals surface area contributed by atoms with E-state index in [0.717, 1.165) is 49.6 Å². The molecule has 144 valence electrons. The average molecular weight is 370 g/mol. The second-order valence-electron chi connectivity index (χ2n) is 8.01. The van der Waals surface area contributed by atoms with E-state index in [1.807, 2.05) is 28.6 Å². The lowest BCUT2D eigenvalue weighted by atomic mass is 9.85. The lowest BCUT2D eigenvalue weighted by Gasteiger charge is -2.45. The van der Waals surface area contributed by atoms with Crippen molar-refractivity contribution in [3.8, 4) is 0 Å². The molecule has 0 N–H and O–H groups in total. The number of carbonyl (C=O) groups excluding carboxylic acids is 1. The van der Waals surface area contributed by atoms with Gasteiger partial charge in [-0.2, -0.15) is 4.52 Å². The van der Waals surface area contributed by atoms with Crippen molar-refractivity contribution < 1.29 is 9.53 Å². The highest BCUT2D eigenvalue weighted by atomic mass is 16.5. The number of carbonyl (C=O) groups is 1. The fraction of sp³-hybridized carbons (Fsp3) is 0.684. The Kier molecular flexibility index (Phi) is 4.22. The third kappa shape index (κ3) is 2.96. The Labute approximate surface area is 158 Å². The molecular weight excluding hydrogens is 344 g/mol. The van der Waals surface area contributed by atoms with E-state index >= 15 is 0 Å². The van der Waals surface area contributed by atoms with Crippen molar-refractivity contribution in [2.75, 3.05) is 31.6 Å². The van der Waals surface area contributed by atoms with Crippen molar-refractivity contribution in [2.24, 2.45) is 0 Å².